The van der Waals surface area contributed by atoms with Gasteiger partial charge in [0.25, 0.3) is 5.91 Å². The van der Waals surface area contributed by atoms with Crippen molar-refractivity contribution in [2.75, 3.05) is 26.2 Å². The van der Waals surface area contributed by atoms with Gasteiger partial charge in [-0.05, 0) is 42.0 Å². The molecule has 0 aliphatic carbocycles. The number of hydrogen-bond donors (Lipinski definition) is 0. The van der Waals surface area contributed by atoms with Crippen LogP contribution in [0.25, 0.3) is 0 Å². The average Bonchev–Trinajstić information content (AvgIpc) is 3.12. The lowest BCUT2D eigenvalue weighted by Gasteiger charge is -2.22. The van der Waals surface area contributed by atoms with Gasteiger partial charge in [0.15, 0.2) is 0 Å². The number of pyridine rings is 1. The summed E-state index contributed by atoms with van der Waals surface area (Å²) >= 11 is 0. The molecular weight excluding hydrogens is 523 g/mol. The summed E-state index contributed by atoms with van der Waals surface area (Å²) in [5.41, 5.74) is 1.14. The molecule has 1 aliphatic heterocycles. The van der Waals surface area contributed by atoms with Crippen molar-refractivity contribution in [1.29, 1.82) is 0 Å². The maximum atomic E-state index is 13.0. The number of alkyl halides is 3. The molecule has 0 bridgehead atoms. The maximum absolute atomic E-state index is 13.0. The molecule has 40 heavy (non-hydrogen) atoms. The number of aromatic nitrogens is 1. The molecule has 3 heterocycles. The van der Waals surface area contributed by atoms with E-state index >= 15 is 0 Å². The van der Waals surface area contributed by atoms with Gasteiger partial charge in [-0.1, -0.05) is 45.0 Å². The second-order valence-electron chi connectivity index (χ2n) is 11.1. The summed E-state index contributed by atoms with van der Waals surface area (Å²) in [6.07, 6.45) is -2.57. The quantitative estimate of drug-likeness (QED) is 0.394. The van der Waals surface area contributed by atoms with Gasteiger partial charge in [-0.15, -0.1) is 0 Å². The summed E-state index contributed by atoms with van der Waals surface area (Å²) in [6.45, 7) is 10.5. The normalized spacial score (nSPS) is 15.1. The Balaban J connectivity index is 1.32. The molecule has 0 spiro atoms. The monoisotopic (exact) mass is 557 g/mol. The van der Waals surface area contributed by atoms with Crippen LogP contribution in [0.1, 0.15) is 65.8 Å². The molecule has 1 aromatic carbocycles. The van der Waals surface area contributed by atoms with Gasteiger partial charge in [-0.3, -0.25) is 14.5 Å². The molecule has 1 amide bonds. The van der Waals surface area contributed by atoms with E-state index in [2.05, 4.69) is 42.8 Å². The third-order valence-corrected chi connectivity index (χ3v) is 6.93. The van der Waals surface area contributed by atoms with E-state index in [4.69, 9.17) is 9.15 Å². The Labute approximate surface area is 231 Å². The second kappa shape index (κ2) is 11.8. The number of rotatable bonds is 6. The number of halogens is 3. The fourth-order valence-corrected chi connectivity index (χ4v) is 4.56. The van der Waals surface area contributed by atoms with Crippen molar-refractivity contribution in [3.05, 3.63) is 92.8 Å². The van der Waals surface area contributed by atoms with Gasteiger partial charge in [0.2, 0.25) is 11.2 Å². The average molecular weight is 558 g/mol. The number of nitrogens with zero attached hydrogens (tertiary/aromatic N) is 3. The molecule has 0 N–H and O–H groups in total. The van der Waals surface area contributed by atoms with E-state index < -0.39 is 11.9 Å². The van der Waals surface area contributed by atoms with Crippen LogP contribution in [-0.2, 0) is 24.7 Å². The van der Waals surface area contributed by atoms with E-state index in [1.807, 2.05) is 12.1 Å². The van der Waals surface area contributed by atoms with Gasteiger partial charge >= 0.3 is 6.18 Å². The van der Waals surface area contributed by atoms with Crippen molar-refractivity contribution in [2.45, 2.75) is 58.9 Å². The van der Waals surface area contributed by atoms with E-state index in [0.29, 0.717) is 44.9 Å². The minimum absolute atomic E-state index is 0.0481. The molecule has 1 aliphatic rings. The second-order valence-corrected chi connectivity index (χ2v) is 11.1. The first-order chi connectivity index (χ1) is 18.8. The van der Waals surface area contributed by atoms with Crippen LogP contribution in [0.15, 0.2) is 57.9 Å². The topological polar surface area (TPSA) is 75.9 Å². The fraction of sp³-hybridized carbons (Fsp3) is 0.433. The zero-order chi connectivity index (χ0) is 29.1. The summed E-state index contributed by atoms with van der Waals surface area (Å²) in [5.74, 6) is 0.271. The van der Waals surface area contributed by atoms with Crippen molar-refractivity contribution in [3.8, 4) is 5.75 Å². The van der Waals surface area contributed by atoms with Crippen molar-refractivity contribution in [2.24, 2.45) is 0 Å². The van der Waals surface area contributed by atoms with Crippen LogP contribution in [0, 0.1) is 6.92 Å². The Morgan fingerprint density at radius 1 is 1.02 bits per heavy atom. The third kappa shape index (κ3) is 7.29. The zero-order valence-corrected chi connectivity index (χ0v) is 23.2. The highest BCUT2D eigenvalue weighted by Crippen LogP contribution is 2.28. The molecule has 10 heteroatoms. The molecule has 0 radical (unpaired) electrons. The van der Waals surface area contributed by atoms with Crippen LogP contribution in [0.4, 0.5) is 13.2 Å². The summed E-state index contributed by atoms with van der Waals surface area (Å²) in [6, 6.07) is 11.5. The minimum Gasteiger partial charge on any atom is -0.482 e. The number of benzene rings is 1. The molecule has 2 aromatic heterocycles. The molecule has 1 fully saturated rings. The largest absolute Gasteiger partial charge is 0.482 e. The number of aryl methyl sites for hydroxylation is 1. The maximum Gasteiger partial charge on any atom is 0.433 e. The van der Waals surface area contributed by atoms with E-state index in [1.165, 1.54) is 30.9 Å². The van der Waals surface area contributed by atoms with Gasteiger partial charge in [-0.2, -0.15) is 13.2 Å². The van der Waals surface area contributed by atoms with Crippen LogP contribution in [0.2, 0.25) is 0 Å². The predicted octanol–water partition coefficient (Wildman–Crippen LogP) is 5.59. The standard InChI is InChI=1S/C30H34F3N3O4/c1-20-24(10-11-27(34-20)30(31,32)33)28(38)36-13-5-12-35(14-15-36)17-23-16-25(37)26(19-39-23)40-18-21-6-8-22(9-7-21)29(2,3)4/h6-11,16,19H,5,12-15,17-18H2,1-4H3. The van der Waals surface area contributed by atoms with Gasteiger partial charge in [0.1, 0.15) is 24.3 Å². The number of ether oxygens (including phenoxy) is 1. The fourth-order valence-electron chi connectivity index (χ4n) is 4.56. The SMILES string of the molecule is Cc1nc(C(F)(F)F)ccc1C(=O)N1CCCN(Cc2cc(=O)c(OCc3ccc(C(C)(C)C)cc3)co2)CC1. The Bertz CT molecular complexity index is 1400. The summed E-state index contributed by atoms with van der Waals surface area (Å²) in [7, 11) is 0. The lowest BCUT2D eigenvalue weighted by atomic mass is 9.87. The Kier molecular flexibility index (Phi) is 8.68. The first-order valence-electron chi connectivity index (χ1n) is 13.2. The number of hydrogen-bond acceptors (Lipinski definition) is 6. The van der Waals surface area contributed by atoms with Gasteiger partial charge in [-0.25, -0.2) is 4.98 Å². The summed E-state index contributed by atoms with van der Waals surface area (Å²) in [5, 5.41) is 0. The molecule has 4 rings (SSSR count). The molecule has 0 unspecified atom stereocenters. The highest BCUT2D eigenvalue weighted by Gasteiger charge is 2.33. The van der Waals surface area contributed by atoms with E-state index in [9.17, 15) is 22.8 Å². The smallest absolute Gasteiger partial charge is 0.433 e. The predicted molar refractivity (Wildman–Crippen MR) is 144 cm³/mol. The van der Waals surface area contributed by atoms with Crippen molar-refractivity contribution in [1.82, 2.24) is 14.8 Å². The van der Waals surface area contributed by atoms with Crippen molar-refractivity contribution >= 4 is 5.91 Å². The molecule has 3 aromatic rings. The van der Waals surface area contributed by atoms with Crippen LogP contribution < -0.4 is 10.2 Å². The highest BCUT2D eigenvalue weighted by atomic mass is 19.4. The molecule has 0 atom stereocenters. The van der Waals surface area contributed by atoms with Crippen molar-refractivity contribution in [3.63, 3.8) is 0 Å². The highest BCUT2D eigenvalue weighted by molar-refractivity contribution is 5.95. The zero-order valence-electron chi connectivity index (χ0n) is 23.2. The van der Waals surface area contributed by atoms with Gasteiger partial charge in [0, 0.05) is 32.2 Å². The molecule has 214 valence electrons. The Hall–Kier alpha value is -3.66. The third-order valence-electron chi connectivity index (χ3n) is 6.93. The lowest BCUT2D eigenvalue weighted by molar-refractivity contribution is -0.141. The summed E-state index contributed by atoms with van der Waals surface area (Å²) < 4.78 is 50.2. The van der Waals surface area contributed by atoms with E-state index in [-0.39, 0.29) is 40.4 Å². The Morgan fingerprint density at radius 2 is 1.75 bits per heavy atom. The summed E-state index contributed by atoms with van der Waals surface area (Å²) in [4.78, 5) is 32.9. The molecule has 7 nitrogen and oxygen atoms in total. The van der Waals surface area contributed by atoms with Crippen LogP contribution in [-0.4, -0.2) is 46.9 Å². The molecule has 0 saturated carbocycles. The molecular formula is C30H34F3N3O4. The Morgan fingerprint density at radius 3 is 2.38 bits per heavy atom. The first kappa shape index (κ1) is 29.3. The number of carbonyl (C=O) groups excluding carboxylic acids is 1. The first-order valence-corrected chi connectivity index (χ1v) is 13.2. The van der Waals surface area contributed by atoms with Crippen LogP contribution >= 0.6 is 0 Å². The number of amides is 1. The van der Waals surface area contributed by atoms with Gasteiger partial charge < -0.3 is 14.1 Å². The van der Waals surface area contributed by atoms with E-state index in [0.717, 1.165) is 11.6 Å². The van der Waals surface area contributed by atoms with Crippen LogP contribution in [0.3, 0.4) is 0 Å². The number of carbonyl (C=O) groups is 1. The molecule has 1 saturated heterocycles. The minimum atomic E-state index is -4.56. The van der Waals surface area contributed by atoms with E-state index in [1.54, 1.807) is 4.90 Å². The lowest BCUT2D eigenvalue weighted by Crippen LogP contribution is -2.35. The van der Waals surface area contributed by atoms with Crippen LogP contribution in [0.5, 0.6) is 5.75 Å². The van der Waals surface area contributed by atoms with Gasteiger partial charge in [0.05, 0.1) is 17.8 Å². The van der Waals surface area contributed by atoms with Crippen molar-refractivity contribution < 1.29 is 27.1 Å².